The molecule has 0 saturated heterocycles. The first kappa shape index (κ1) is 24.7. The van der Waals surface area contributed by atoms with Crippen LogP contribution in [-0.4, -0.2) is 37.5 Å². The van der Waals surface area contributed by atoms with Gasteiger partial charge in [0.1, 0.15) is 11.5 Å². The molecule has 31 heavy (non-hydrogen) atoms. The van der Waals surface area contributed by atoms with E-state index in [2.05, 4.69) is 21.3 Å². The van der Waals surface area contributed by atoms with E-state index in [-0.39, 0.29) is 0 Å². The first-order chi connectivity index (χ1) is 15.1. The summed E-state index contributed by atoms with van der Waals surface area (Å²) in [6.07, 6.45) is 5.73. The van der Waals surface area contributed by atoms with E-state index >= 15 is 0 Å². The molecule has 6 nitrogen and oxygen atoms in total. The van der Waals surface area contributed by atoms with Crippen molar-refractivity contribution in [1.29, 1.82) is 0 Å². The van der Waals surface area contributed by atoms with Crippen LogP contribution >= 0.6 is 24.4 Å². The van der Waals surface area contributed by atoms with Gasteiger partial charge >= 0.3 is 0 Å². The minimum Gasteiger partial charge on any atom is -0.497 e. The summed E-state index contributed by atoms with van der Waals surface area (Å²) in [7, 11) is 3.31. The molecule has 0 aliphatic rings. The average molecular weight is 461 g/mol. The molecule has 0 heterocycles. The Kier molecular flexibility index (Phi) is 11.5. The van der Waals surface area contributed by atoms with Crippen molar-refractivity contribution in [2.75, 3.05) is 37.9 Å². The van der Waals surface area contributed by atoms with Crippen molar-refractivity contribution >= 4 is 46.0 Å². The number of thiocarbonyl (C=S) groups is 2. The molecule has 0 spiro atoms. The number of hydrogen-bond donors (Lipinski definition) is 4. The zero-order chi connectivity index (χ0) is 22.3. The van der Waals surface area contributed by atoms with E-state index in [1.54, 1.807) is 14.2 Å². The molecule has 0 saturated carbocycles. The van der Waals surface area contributed by atoms with Crippen LogP contribution < -0.4 is 30.7 Å². The number of benzene rings is 2. The number of anilines is 2. The van der Waals surface area contributed by atoms with Gasteiger partial charge in [0.15, 0.2) is 10.2 Å². The summed E-state index contributed by atoms with van der Waals surface area (Å²) in [6, 6.07) is 15.4. The van der Waals surface area contributed by atoms with Crippen molar-refractivity contribution < 1.29 is 9.47 Å². The lowest BCUT2D eigenvalue weighted by atomic mass is 10.1. The van der Waals surface area contributed by atoms with Gasteiger partial charge in [0.2, 0.25) is 0 Å². The largest absolute Gasteiger partial charge is 0.497 e. The molecule has 0 unspecified atom stereocenters. The van der Waals surface area contributed by atoms with Crippen LogP contribution in [0.5, 0.6) is 11.5 Å². The summed E-state index contributed by atoms with van der Waals surface area (Å²) >= 11 is 10.7. The third-order valence-electron chi connectivity index (χ3n) is 4.62. The molecule has 0 aliphatic carbocycles. The van der Waals surface area contributed by atoms with Crippen LogP contribution in [0.1, 0.15) is 32.1 Å². The van der Waals surface area contributed by atoms with Gasteiger partial charge in [-0.2, -0.15) is 0 Å². The predicted octanol–water partition coefficient (Wildman–Crippen LogP) is 4.93. The van der Waals surface area contributed by atoms with Gasteiger partial charge in [-0.1, -0.05) is 19.3 Å². The molecular weight excluding hydrogens is 428 g/mol. The van der Waals surface area contributed by atoms with Gasteiger partial charge in [0.05, 0.1) is 14.2 Å². The minimum absolute atomic E-state index is 0.646. The highest BCUT2D eigenvalue weighted by molar-refractivity contribution is 7.80. The second-order valence-electron chi connectivity index (χ2n) is 6.99. The highest BCUT2D eigenvalue weighted by Crippen LogP contribution is 2.15. The van der Waals surface area contributed by atoms with E-state index in [4.69, 9.17) is 33.9 Å². The summed E-state index contributed by atoms with van der Waals surface area (Å²) in [6.45, 7) is 1.74. The highest BCUT2D eigenvalue weighted by Gasteiger charge is 2.00. The summed E-state index contributed by atoms with van der Waals surface area (Å²) in [4.78, 5) is 0. The number of nitrogens with one attached hydrogen (secondary N) is 4. The number of methoxy groups -OCH3 is 2. The molecule has 4 N–H and O–H groups in total. The Hall–Kier alpha value is -2.58. The Morgan fingerprint density at radius 1 is 0.613 bits per heavy atom. The number of rotatable bonds is 12. The summed E-state index contributed by atoms with van der Waals surface area (Å²) in [5, 5.41) is 14.1. The SMILES string of the molecule is COc1ccc(NC(=S)NCCCCCCCNC(=S)Nc2ccc(OC)cc2)cc1. The molecule has 168 valence electrons. The van der Waals surface area contributed by atoms with Crippen molar-refractivity contribution in [3.05, 3.63) is 48.5 Å². The Bertz CT molecular complexity index is 731. The number of ether oxygens (including phenoxy) is 2. The molecule has 0 aromatic heterocycles. The molecule has 2 aromatic carbocycles. The van der Waals surface area contributed by atoms with Crippen LogP contribution in [0.4, 0.5) is 11.4 Å². The van der Waals surface area contributed by atoms with E-state index in [0.29, 0.717) is 10.2 Å². The van der Waals surface area contributed by atoms with E-state index < -0.39 is 0 Å². The first-order valence-electron chi connectivity index (χ1n) is 10.5. The standard InChI is InChI=1S/C23H32N4O2S2/c1-28-20-12-8-18(9-13-20)26-22(30)24-16-6-4-3-5-7-17-25-23(31)27-19-10-14-21(29-2)15-11-19/h8-15H,3-7,16-17H2,1-2H3,(H2,24,26,30)(H2,25,27,31). The van der Waals surface area contributed by atoms with Crippen LogP contribution in [0.3, 0.4) is 0 Å². The van der Waals surface area contributed by atoms with Gasteiger partial charge in [0.25, 0.3) is 0 Å². The Morgan fingerprint density at radius 3 is 1.32 bits per heavy atom. The zero-order valence-corrected chi connectivity index (χ0v) is 19.8. The highest BCUT2D eigenvalue weighted by atomic mass is 32.1. The molecular formula is C23H32N4O2S2. The fourth-order valence-electron chi connectivity index (χ4n) is 2.88. The van der Waals surface area contributed by atoms with Gasteiger partial charge in [0, 0.05) is 24.5 Å². The first-order valence-corrected chi connectivity index (χ1v) is 11.3. The third-order valence-corrected chi connectivity index (χ3v) is 5.11. The molecule has 8 heteroatoms. The van der Waals surface area contributed by atoms with Gasteiger partial charge < -0.3 is 30.7 Å². The smallest absolute Gasteiger partial charge is 0.170 e. The van der Waals surface area contributed by atoms with Crippen molar-refractivity contribution in [3.63, 3.8) is 0 Å². The Morgan fingerprint density at radius 2 is 0.968 bits per heavy atom. The summed E-state index contributed by atoms with van der Waals surface area (Å²) < 4.78 is 10.3. The topological polar surface area (TPSA) is 66.6 Å². The molecule has 0 fully saturated rings. The van der Waals surface area contributed by atoms with Crippen LogP contribution in [-0.2, 0) is 0 Å². The number of hydrogen-bond acceptors (Lipinski definition) is 4. The molecule has 2 rings (SSSR count). The van der Waals surface area contributed by atoms with Crippen molar-refractivity contribution in [2.24, 2.45) is 0 Å². The lowest BCUT2D eigenvalue weighted by molar-refractivity contribution is 0.415. The van der Waals surface area contributed by atoms with E-state index in [1.807, 2.05) is 48.5 Å². The Balaban J connectivity index is 1.44. The fourth-order valence-corrected chi connectivity index (χ4v) is 3.32. The van der Waals surface area contributed by atoms with Crippen molar-refractivity contribution in [1.82, 2.24) is 10.6 Å². The second kappa shape index (κ2) is 14.4. The number of unbranched alkanes of at least 4 members (excludes halogenated alkanes) is 4. The second-order valence-corrected chi connectivity index (χ2v) is 7.80. The maximum atomic E-state index is 5.33. The quantitative estimate of drug-likeness (QED) is 0.263. The maximum absolute atomic E-state index is 5.33. The van der Waals surface area contributed by atoms with Crippen molar-refractivity contribution in [3.8, 4) is 11.5 Å². The minimum atomic E-state index is 0.646. The predicted molar refractivity (Wildman–Crippen MR) is 138 cm³/mol. The van der Waals surface area contributed by atoms with Gasteiger partial charge in [-0.05, 0) is 85.8 Å². The molecule has 0 bridgehead atoms. The zero-order valence-electron chi connectivity index (χ0n) is 18.2. The van der Waals surface area contributed by atoms with Gasteiger partial charge in [-0.15, -0.1) is 0 Å². The molecule has 0 radical (unpaired) electrons. The van der Waals surface area contributed by atoms with Gasteiger partial charge in [-0.25, -0.2) is 0 Å². The van der Waals surface area contributed by atoms with Gasteiger partial charge in [-0.3, -0.25) is 0 Å². The molecule has 2 aromatic rings. The molecule has 0 amide bonds. The average Bonchev–Trinajstić information content (AvgIpc) is 2.79. The van der Waals surface area contributed by atoms with Crippen LogP contribution in [0.15, 0.2) is 48.5 Å². The fraction of sp³-hybridized carbons (Fsp3) is 0.391. The van der Waals surface area contributed by atoms with E-state index in [0.717, 1.165) is 48.8 Å². The van der Waals surface area contributed by atoms with E-state index in [9.17, 15) is 0 Å². The normalized spacial score (nSPS) is 10.1. The lowest BCUT2D eigenvalue weighted by Crippen LogP contribution is -2.29. The Labute approximate surface area is 196 Å². The van der Waals surface area contributed by atoms with Crippen LogP contribution in [0, 0.1) is 0 Å². The third kappa shape index (κ3) is 10.3. The maximum Gasteiger partial charge on any atom is 0.170 e. The van der Waals surface area contributed by atoms with Crippen LogP contribution in [0.25, 0.3) is 0 Å². The summed E-state index contributed by atoms with van der Waals surface area (Å²) in [5.74, 6) is 1.66. The lowest BCUT2D eigenvalue weighted by Gasteiger charge is -2.11. The van der Waals surface area contributed by atoms with Crippen LogP contribution in [0.2, 0.25) is 0 Å². The van der Waals surface area contributed by atoms with E-state index in [1.165, 1.54) is 19.3 Å². The summed E-state index contributed by atoms with van der Waals surface area (Å²) in [5.41, 5.74) is 1.90. The van der Waals surface area contributed by atoms with Crippen molar-refractivity contribution in [2.45, 2.75) is 32.1 Å². The molecule has 0 aliphatic heterocycles. The monoisotopic (exact) mass is 460 g/mol. The molecule has 0 atom stereocenters.